The highest BCUT2D eigenvalue weighted by atomic mass is 16.5. The molecular weight excluding hydrogens is 398 g/mol. The van der Waals surface area contributed by atoms with E-state index in [1.54, 1.807) is 0 Å². The number of aryl methyl sites for hydroxylation is 1. The van der Waals surface area contributed by atoms with Crippen LogP contribution < -0.4 is 9.47 Å². The maximum Gasteiger partial charge on any atom is 0.127 e. The Morgan fingerprint density at radius 3 is 2.53 bits per heavy atom. The normalized spacial score (nSPS) is 13.9. The lowest BCUT2D eigenvalue weighted by Crippen LogP contribution is -2.25. The van der Waals surface area contributed by atoms with Gasteiger partial charge in [-0.15, -0.1) is 0 Å². The van der Waals surface area contributed by atoms with Gasteiger partial charge in [0.15, 0.2) is 0 Å². The van der Waals surface area contributed by atoms with Crippen LogP contribution >= 0.6 is 0 Å². The van der Waals surface area contributed by atoms with Crippen molar-refractivity contribution in [3.05, 3.63) is 94.5 Å². The molecule has 0 spiro atoms. The van der Waals surface area contributed by atoms with Crippen molar-refractivity contribution in [2.24, 2.45) is 0 Å². The first-order chi connectivity index (χ1) is 15.7. The molecule has 0 aromatic heterocycles. The minimum absolute atomic E-state index is 0.0660. The Morgan fingerprint density at radius 2 is 1.78 bits per heavy atom. The fourth-order valence-electron chi connectivity index (χ4n) is 4.12. The molecule has 1 aliphatic rings. The molecule has 4 nitrogen and oxygen atoms in total. The van der Waals surface area contributed by atoms with Gasteiger partial charge in [-0.25, -0.2) is 0 Å². The van der Waals surface area contributed by atoms with Gasteiger partial charge >= 0.3 is 0 Å². The van der Waals surface area contributed by atoms with Crippen molar-refractivity contribution < 1.29 is 14.6 Å². The highest BCUT2D eigenvalue weighted by Gasteiger charge is 2.13. The van der Waals surface area contributed by atoms with E-state index in [-0.39, 0.29) is 6.61 Å². The predicted molar refractivity (Wildman–Crippen MR) is 127 cm³/mol. The molecule has 0 saturated carbocycles. The van der Waals surface area contributed by atoms with Crippen LogP contribution in [0.15, 0.2) is 60.7 Å². The number of ether oxygens (including phenoxy) is 2. The fraction of sp³-hybridized carbons (Fsp3) is 0.357. The number of rotatable bonds is 10. The zero-order chi connectivity index (χ0) is 22.2. The lowest BCUT2D eigenvalue weighted by molar-refractivity contribution is 0.235. The summed E-state index contributed by atoms with van der Waals surface area (Å²) in [5.74, 6) is 1.60. The van der Waals surface area contributed by atoms with Crippen LogP contribution in [0.25, 0.3) is 0 Å². The lowest BCUT2D eigenvalue weighted by Gasteiger charge is -2.18. The van der Waals surface area contributed by atoms with Crippen LogP contribution in [0.4, 0.5) is 0 Å². The monoisotopic (exact) mass is 430 g/mol. The summed E-state index contributed by atoms with van der Waals surface area (Å²) in [5.41, 5.74) is 5.40. The standard InChI is InChI=1S/C28H32NO3/c1-22-17-24(9-10-26(22)20-30)18-25-11-12-27(32-21-23-7-3-2-4-8-23)19-28(25)31-16-15-29-13-5-6-14-29/h2-4,7-10,12,17,19,30H,5-6,13-16,18,20-21H2,1H3. The third-order valence-corrected chi connectivity index (χ3v) is 6.03. The molecule has 0 atom stereocenters. The maximum absolute atomic E-state index is 9.45. The van der Waals surface area contributed by atoms with E-state index in [9.17, 15) is 5.11 Å². The van der Waals surface area contributed by atoms with E-state index in [0.717, 1.165) is 46.7 Å². The Balaban J connectivity index is 1.48. The summed E-state index contributed by atoms with van der Waals surface area (Å²) >= 11 is 0. The van der Waals surface area contributed by atoms with Crippen molar-refractivity contribution in [3.63, 3.8) is 0 Å². The first kappa shape index (κ1) is 22.4. The Labute approximate surface area is 191 Å². The third kappa shape index (κ3) is 6.12. The van der Waals surface area contributed by atoms with Crippen LogP contribution in [0.5, 0.6) is 11.5 Å². The van der Waals surface area contributed by atoms with Crippen LogP contribution in [0.2, 0.25) is 0 Å². The van der Waals surface area contributed by atoms with Crippen LogP contribution in [0.3, 0.4) is 0 Å². The summed E-state index contributed by atoms with van der Waals surface area (Å²) in [6, 6.07) is 23.7. The molecule has 4 heteroatoms. The van der Waals surface area contributed by atoms with Crippen molar-refractivity contribution in [1.82, 2.24) is 4.90 Å². The molecule has 1 saturated heterocycles. The summed E-state index contributed by atoms with van der Waals surface area (Å²) < 4.78 is 12.3. The first-order valence-electron chi connectivity index (χ1n) is 11.5. The molecule has 0 aliphatic carbocycles. The number of benzene rings is 3. The second-order valence-corrected chi connectivity index (χ2v) is 8.45. The van der Waals surface area contributed by atoms with Gasteiger partial charge in [-0.2, -0.15) is 0 Å². The minimum Gasteiger partial charge on any atom is -0.492 e. The molecule has 1 aliphatic heterocycles. The van der Waals surface area contributed by atoms with Gasteiger partial charge in [-0.1, -0.05) is 48.5 Å². The average Bonchev–Trinajstić information content (AvgIpc) is 3.33. The average molecular weight is 431 g/mol. The fourth-order valence-corrected chi connectivity index (χ4v) is 4.12. The van der Waals surface area contributed by atoms with E-state index in [1.165, 1.54) is 31.5 Å². The molecule has 0 bridgehead atoms. The molecular formula is C28H32NO3. The maximum atomic E-state index is 9.45. The van der Waals surface area contributed by atoms with E-state index in [2.05, 4.69) is 35.2 Å². The van der Waals surface area contributed by atoms with Crippen LogP contribution in [0, 0.1) is 13.0 Å². The Hall–Kier alpha value is -2.82. The predicted octanol–water partition coefficient (Wildman–Crippen LogP) is 4.93. The number of aliphatic hydroxyl groups is 1. The van der Waals surface area contributed by atoms with Gasteiger partial charge in [0.2, 0.25) is 0 Å². The second kappa shape index (κ2) is 11.2. The molecule has 0 amide bonds. The molecule has 32 heavy (non-hydrogen) atoms. The molecule has 1 heterocycles. The van der Waals surface area contributed by atoms with E-state index in [1.807, 2.05) is 43.3 Å². The minimum atomic E-state index is 0.0660. The van der Waals surface area contributed by atoms with E-state index in [4.69, 9.17) is 9.47 Å². The van der Waals surface area contributed by atoms with E-state index in [0.29, 0.717) is 13.2 Å². The number of nitrogens with zero attached hydrogens (tertiary/aromatic N) is 1. The van der Waals surface area contributed by atoms with Gasteiger partial charge in [-0.3, -0.25) is 4.90 Å². The lowest BCUT2D eigenvalue weighted by atomic mass is 9.99. The van der Waals surface area contributed by atoms with Crippen molar-refractivity contribution in [2.75, 3.05) is 26.2 Å². The first-order valence-corrected chi connectivity index (χ1v) is 11.5. The van der Waals surface area contributed by atoms with Gasteiger partial charge in [-0.05, 0) is 67.2 Å². The van der Waals surface area contributed by atoms with Gasteiger partial charge in [0.1, 0.15) is 24.7 Å². The Bertz CT molecular complexity index is 997. The summed E-state index contributed by atoms with van der Waals surface area (Å²) in [7, 11) is 0. The molecule has 4 rings (SSSR count). The number of hydrogen-bond donors (Lipinski definition) is 1. The molecule has 1 fully saturated rings. The largest absolute Gasteiger partial charge is 0.492 e. The zero-order valence-electron chi connectivity index (χ0n) is 18.8. The topological polar surface area (TPSA) is 41.9 Å². The van der Waals surface area contributed by atoms with Crippen molar-refractivity contribution in [1.29, 1.82) is 0 Å². The molecule has 1 radical (unpaired) electrons. The van der Waals surface area contributed by atoms with Crippen molar-refractivity contribution in [2.45, 2.75) is 39.4 Å². The zero-order valence-corrected chi connectivity index (χ0v) is 18.8. The Kier molecular flexibility index (Phi) is 7.81. The van der Waals surface area contributed by atoms with Gasteiger partial charge in [0.05, 0.1) is 6.61 Å². The van der Waals surface area contributed by atoms with Crippen molar-refractivity contribution in [3.8, 4) is 11.5 Å². The molecule has 3 aromatic carbocycles. The highest BCUT2D eigenvalue weighted by Crippen LogP contribution is 2.28. The van der Waals surface area contributed by atoms with Crippen LogP contribution in [-0.4, -0.2) is 36.2 Å². The molecule has 3 aromatic rings. The molecule has 0 unspecified atom stereocenters. The third-order valence-electron chi connectivity index (χ3n) is 6.03. The molecule has 167 valence electrons. The smallest absolute Gasteiger partial charge is 0.127 e. The van der Waals surface area contributed by atoms with E-state index < -0.39 is 0 Å². The van der Waals surface area contributed by atoms with Crippen LogP contribution in [-0.2, 0) is 19.6 Å². The SMILES string of the molecule is Cc1cc(Cc2[c]cc(OCc3ccccc3)cc2OCCN2CCCC2)ccc1CO. The quantitative estimate of drug-likeness (QED) is 0.495. The van der Waals surface area contributed by atoms with Gasteiger partial charge in [0.25, 0.3) is 0 Å². The summed E-state index contributed by atoms with van der Waals surface area (Å²) in [6.07, 6.45) is 3.29. The van der Waals surface area contributed by atoms with Gasteiger partial charge in [0, 0.05) is 24.6 Å². The van der Waals surface area contributed by atoms with Crippen LogP contribution in [0.1, 0.15) is 40.7 Å². The number of likely N-dealkylation sites (tertiary alicyclic amines) is 1. The summed E-state index contributed by atoms with van der Waals surface area (Å²) in [5, 5.41) is 9.45. The second-order valence-electron chi connectivity index (χ2n) is 8.45. The summed E-state index contributed by atoms with van der Waals surface area (Å²) in [4.78, 5) is 2.45. The highest BCUT2D eigenvalue weighted by molar-refractivity contribution is 5.43. The number of aliphatic hydroxyl groups excluding tert-OH is 1. The van der Waals surface area contributed by atoms with E-state index >= 15 is 0 Å². The molecule has 1 N–H and O–H groups in total. The number of hydrogen-bond acceptors (Lipinski definition) is 4. The summed E-state index contributed by atoms with van der Waals surface area (Å²) in [6.45, 7) is 6.55. The van der Waals surface area contributed by atoms with Gasteiger partial charge < -0.3 is 14.6 Å². The van der Waals surface area contributed by atoms with Crippen molar-refractivity contribution >= 4 is 0 Å². The Morgan fingerprint density at radius 1 is 0.969 bits per heavy atom.